The Labute approximate surface area is 146 Å². The number of nitrogens with one attached hydrogen (secondary N) is 2. The Hall–Kier alpha value is -2.66. The third kappa shape index (κ3) is 4.00. The van der Waals surface area contributed by atoms with Gasteiger partial charge in [0.15, 0.2) is 5.82 Å². The molecule has 0 saturated carbocycles. The van der Waals surface area contributed by atoms with Crippen molar-refractivity contribution in [2.45, 2.75) is 20.3 Å². The molecule has 0 amide bonds. The fraction of sp³-hybridized carbons (Fsp3) is 0.167. The Bertz CT molecular complexity index is 833. The second kappa shape index (κ2) is 7.27. The number of benzene rings is 2. The number of hydrogen-bond donors (Lipinski definition) is 2. The summed E-state index contributed by atoms with van der Waals surface area (Å²) in [5.41, 5.74) is 4.16. The summed E-state index contributed by atoms with van der Waals surface area (Å²) in [6, 6.07) is 13.8. The van der Waals surface area contributed by atoms with Crippen LogP contribution in [0.4, 0.5) is 23.1 Å². The van der Waals surface area contributed by atoms with Crippen LogP contribution in [0.3, 0.4) is 0 Å². The summed E-state index contributed by atoms with van der Waals surface area (Å²) in [5, 5.41) is 15.1. The van der Waals surface area contributed by atoms with E-state index in [1.54, 1.807) is 6.20 Å². The highest BCUT2D eigenvalue weighted by atomic mass is 35.5. The molecule has 0 aliphatic heterocycles. The first-order valence-corrected chi connectivity index (χ1v) is 8.10. The molecule has 3 rings (SSSR count). The minimum Gasteiger partial charge on any atom is -0.339 e. The van der Waals surface area contributed by atoms with Crippen molar-refractivity contribution in [2.24, 2.45) is 0 Å². The standard InChI is InChI=1S/C18H18ClN5/c1-3-13-4-7-15(8-5-13)21-17-11-20-24-18(23-17)22-16-9-6-14(19)10-12(16)2/h4-11H,3H2,1-2H3,(H2,21,22,23,24). The Morgan fingerprint density at radius 1 is 1.04 bits per heavy atom. The van der Waals surface area contributed by atoms with Crippen molar-refractivity contribution in [3.8, 4) is 0 Å². The van der Waals surface area contributed by atoms with Gasteiger partial charge < -0.3 is 10.6 Å². The van der Waals surface area contributed by atoms with Crippen molar-refractivity contribution < 1.29 is 0 Å². The molecule has 6 heteroatoms. The van der Waals surface area contributed by atoms with Crippen LogP contribution in [0.1, 0.15) is 18.1 Å². The molecule has 0 aliphatic rings. The molecule has 1 heterocycles. The van der Waals surface area contributed by atoms with Crippen molar-refractivity contribution in [1.82, 2.24) is 15.2 Å². The van der Waals surface area contributed by atoms with Gasteiger partial charge in [-0.2, -0.15) is 10.1 Å². The molecule has 24 heavy (non-hydrogen) atoms. The molecule has 5 nitrogen and oxygen atoms in total. The molecule has 0 bridgehead atoms. The van der Waals surface area contributed by atoms with Crippen LogP contribution in [0, 0.1) is 6.92 Å². The summed E-state index contributed by atoms with van der Waals surface area (Å²) in [6.07, 6.45) is 2.61. The van der Waals surface area contributed by atoms with Crippen LogP contribution in [0.2, 0.25) is 5.02 Å². The molecular formula is C18H18ClN5. The number of aromatic nitrogens is 3. The monoisotopic (exact) mass is 339 g/mol. The van der Waals surface area contributed by atoms with E-state index in [-0.39, 0.29) is 0 Å². The van der Waals surface area contributed by atoms with Gasteiger partial charge in [-0.25, -0.2) is 0 Å². The lowest BCUT2D eigenvalue weighted by atomic mass is 10.1. The van der Waals surface area contributed by atoms with Gasteiger partial charge in [-0.15, -0.1) is 5.10 Å². The van der Waals surface area contributed by atoms with E-state index in [1.807, 2.05) is 37.3 Å². The summed E-state index contributed by atoms with van der Waals surface area (Å²) in [6.45, 7) is 4.10. The van der Waals surface area contributed by atoms with Gasteiger partial charge in [0, 0.05) is 16.4 Å². The Balaban J connectivity index is 1.75. The molecule has 0 fully saturated rings. The van der Waals surface area contributed by atoms with E-state index < -0.39 is 0 Å². The summed E-state index contributed by atoms with van der Waals surface area (Å²) < 4.78 is 0. The molecule has 122 valence electrons. The van der Waals surface area contributed by atoms with Gasteiger partial charge in [0.1, 0.15) is 0 Å². The molecular weight excluding hydrogens is 322 g/mol. The molecule has 3 aromatic rings. The molecule has 0 radical (unpaired) electrons. The highest BCUT2D eigenvalue weighted by Gasteiger charge is 2.05. The quantitative estimate of drug-likeness (QED) is 0.693. The average Bonchev–Trinajstić information content (AvgIpc) is 2.58. The lowest BCUT2D eigenvalue weighted by Crippen LogP contribution is -2.03. The summed E-state index contributed by atoms with van der Waals surface area (Å²) in [4.78, 5) is 4.44. The summed E-state index contributed by atoms with van der Waals surface area (Å²) in [5.74, 6) is 1.05. The van der Waals surface area contributed by atoms with Crippen LogP contribution < -0.4 is 10.6 Å². The molecule has 2 N–H and O–H groups in total. The number of rotatable bonds is 5. The van der Waals surface area contributed by atoms with Gasteiger partial charge in [0.2, 0.25) is 5.95 Å². The molecule has 0 atom stereocenters. The number of anilines is 4. The van der Waals surface area contributed by atoms with E-state index >= 15 is 0 Å². The predicted molar refractivity (Wildman–Crippen MR) is 98.4 cm³/mol. The minimum atomic E-state index is 0.426. The molecule has 0 unspecified atom stereocenters. The number of aryl methyl sites for hydroxylation is 2. The maximum Gasteiger partial charge on any atom is 0.249 e. The first-order chi connectivity index (χ1) is 11.6. The van der Waals surface area contributed by atoms with Gasteiger partial charge in [-0.05, 0) is 54.8 Å². The minimum absolute atomic E-state index is 0.426. The lowest BCUT2D eigenvalue weighted by Gasteiger charge is -2.10. The molecule has 0 spiro atoms. The maximum absolute atomic E-state index is 5.98. The zero-order valence-electron chi connectivity index (χ0n) is 13.5. The van der Waals surface area contributed by atoms with Crippen molar-refractivity contribution in [1.29, 1.82) is 0 Å². The van der Waals surface area contributed by atoms with Crippen molar-refractivity contribution in [3.05, 3.63) is 64.8 Å². The number of hydrogen-bond acceptors (Lipinski definition) is 5. The third-order valence-corrected chi connectivity index (χ3v) is 3.86. The fourth-order valence-corrected chi connectivity index (χ4v) is 2.50. The zero-order valence-corrected chi connectivity index (χ0v) is 14.3. The van der Waals surface area contributed by atoms with E-state index in [1.165, 1.54) is 5.56 Å². The maximum atomic E-state index is 5.98. The Kier molecular flexibility index (Phi) is 4.91. The van der Waals surface area contributed by atoms with Gasteiger partial charge in [0.05, 0.1) is 6.20 Å². The van der Waals surface area contributed by atoms with Crippen molar-refractivity contribution >= 4 is 34.7 Å². The summed E-state index contributed by atoms with van der Waals surface area (Å²) in [7, 11) is 0. The van der Waals surface area contributed by atoms with Crippen LogP contribution in [-0.4, -0.2) is 15.2 Å². The van der Waals surface area contributed by atoms with Crippen LogP contribution >= 0.6 is 11.6 Å². The third-order valence-electron chi connectivity index (χ3n) is 3.63. The van der Waals surface area contributed by atoms with Gasteiger partial charge in [0.25, 0.3) is 0 Å². The second-order valence-corrected chi connectivity index (χ2v) is 5.86. The predicted octanol–water partition coefficient (Wildman–Crippen LogP) is 4.88. The Morgan fingerprint density at radius 2 is 1.83 bits per heavy atom. The fourth-order valence-electron chi connectivity index (χ4n) is 2.28. The van der Waals surface area contributed by atoms with E-state index in [0.717, 1.165) is 23.4 Å². The highest BCUT2D eigenvalue weighted by molar-refractivity contribution is 6.30. The smallest absolute Gasteiger partial charge is 0.249 e. The van der Waals surface area contributed by atoms with Crippen molar-refractivity contribution in [3.63, 3.8) is 0 Å². The normalized spacial score (nSPS) is 10.5. The van der Waals surface area contributed by atoms with E-state index in [9.17, 15) is 0 Å². The van der Waals surface area contributed by atoms with E-state index in [2.05, 4.69) is 44.9 Å². The molecule has 2 aromatic carbocycles. The van der Waals surface area contributed by atoms with Crippen LogP contribution in [-0.2, 0) is 6.42 Å². The zero-order chi connectivity index (χ0) is 16.9. The summed E-state index contributed by atoms with van der Waals surface area (Å²) >= 11 is 5.98. The number of halogens is 1. The first-order valence-electron chi connectivity index (χ1n) is 7.73. The molecule has 0 saturated heterocycles. The topological polar surface area (TPSA) is 62.7 Å². The van der Waals surface area contributed by atoms with Gasteiger partial charge in [-0.3, -0.25) is 0 Å². The molecule has 0 aliphatic carbocycles. The average molecular weight is 340 g/mol. The van der Waals surface area contributed by atoms with Crippen molar-refractivity contribution in [2.75, 3.05) is 10.6 Å². The second-order valence-electron chi connectivity index (χ2n) is 5.42. The number of nitrogens with zero attached hydrogens (tertiary/aromatic N) is 3. The Morgan fingerprint density at radius 3 is 2.54 bits per heavy atom. The highest BCUT2D eigenvalue weighted by Crippen LogP contribution is 2.22. The van der Waals surface area contributed by atoms with Gasteiger partial charge >= 0.3 is 0 Å². The van der Waals surface area contributed by atoms with Crippen LogP contribution in [0.5, 0.6) is 0 Å². The van der Waals surface area contributed by atoms with Gasteiger partial charge in [-0.1, -0.05) is 30.7 Å². The van der Waals surface area contributed by atoms with Crippen LogP contribution in [0.15, 0.2) is 48.7 Å². The first kappa shape index (κ1) is 16.2. The van der Waals surface area contributed by atoms with E-state index in [4.69, 9.17) is 11.6 Å². The SMILES string of the molecule is CCc1ccc(Nc2cnnc(Nc3ccc(Cl)cc3C)n2)cc1. The van der Waals surface area contributed by atoms with E-state index in [0.29, 0.717) is 16.8 Å². The lowest BCUT2D eigenvalue weighted by molar-refractivity contribution is 0.981. The van der Waals surface area contributed by atoms with Crippen LogP contribution in [0.25, 0.3) is 0 Å². The largest absolute Gasteiger partial charge is 0.339 e. The molecule has 1 aromatic heterocycles.